The summed E-state index contributed by atoms with van der Waals surface area (Å²) in [7, 11) is 1.91. The minimum Gasteiger partial charge on any atom is -0.422 e. The Hall–Kier alpha value is -3.21. The summed E-state index contributed by atoms with van der Waals surface area (Å²) in [6.45, 7) is 5.88. The highest BCUT2D eigenvalue weighted by Gasteiger charge is 2.13. The molecule has 3 rings (SSSR count). The first kappa shape index (κ1) is 18.6. The van der Waals surface area contributed by atoms with Crippen molar-refractivity contribution in [2.24, 2.45) is 7.05 Å². The van der Waals surface area contributed by atoms with Gasteiger partial charge in [-0.2, -0.15) is 0 Å². The fraction of sp³-hybridized carbons (Fsp3) is 0.227. The summed E-state index contributed by atoms with van der Waals surface area (Å²) in [4.78, 5) is 27.0. The smallest absolute Gasteiger partial charge is 0.347 e. The number of allylic oxidation sites excluding steroid dienone is 1. The molecule has 0 saturated carbocycles. The molecule has 0 atom stereocenters. The van der Waals surface area contributed by atoms with Gasteiger partial charge in [-0.3, -0.25) is 4.79 Å². The van der Waals surface area contributed by atoms with Crippen LogP contribution in [-0.4, -0.2) is 18.9 Å². The zero-order valence-corrected chi connectivity index (χ0v) is 15.8. The first-order valence-electron chi connectivity index (χ1n) is 9.02. The van der Waals surface area contributed by atoms with Gasteiger partial charge in [0.2, 0.25) is 0 Å². The number of pyridine rings is 1. The summed E-state index contributed by atoms with van der Waals surface area (Å²) >= 11 is 0. The maximum atomic E-state index is 12.5. The lowest BCUT2D eigenvalue weighted by molar-refractivity contribution is -0.671. The van der Waals surface area contributed by atoms with Crippen LogP contribution in [0.15, 0.2) is 64.1 Å². The van der Waals surface area contributed by atoms with Crippen LogP contribution in [0.1, 0.15) is 29.8 Å². The molecule has 0 unspecified atom stereocenters. The Morgan fingerprint density at radius 3 is 2.67 bits per heavy atom. The van der Waals surface area contributed by atoms with Gasteiger partial charge >= 0.3 is 5.63 Å². The van der Waals surface area contributed by atoms with E-state index in [4.69, 9.17) is 4.42 Å². The predicted molar refractivity (Wildman–Crippen MR) is 107 cm³/mol. The maximum absolute atomic E-state index is 12.5. The van der Waals surface area contributed by atoms with Gasteiger partial charge in [0.15, 0.2) is 18.2 Å². The second-order valence-corrected chi connectivity index (χ2v) is 6.34. The van der Waals surface area contributed by atoms with Crippen molar-refractivity contribution in [2.75, 3.05) is 18.0 Å². The minimum atomic E-state index is -0.618. The number of carbonyl (C=O) groups is 1. The van der Waals surface area contributed by atoms with Gasteiger partial charge in [-0.1, -0.05) is 0 Å². The van der Waals surface area contributed by atoms with Crippen molar-refractivity contribution in [3.8, 4) is 0 Å². The number of carbonyl (C=O) groups excluding carboxylic acids is 1. The third kappa shape index (κ3) is 4.14. The number of rotatable bonds is 6. The lowest BCUT2D eigenvalue weighted by Gasteiger charge is -2.20. The van der Waals surface area contributed by atoms with E-state index >= 15 is 0 Å². The van der Waals surface area contributed by atoms with Crippen LogP contribution >= 0.6 is 0 Å². The first-order valence-corrected chi connectivity index (χ1v) is 9.02. The van der Waals surface area contributed by atoms with Crippen molar-refractivity contribution in [1.82, 2.24) is 0 Å². The summed E-state index contributed by atoms with van der Waals surface area (Å²) < 4.78 is 7.31. The zero-order valence-electron chi connectivity index (χ0n) is 15.8. The number of anilines is 1. The molecule has 0 aliphatic carbocycles. The summed E-state index contributed by atoms with van der Waals surface area (Å²) in [6, 6.07) is 11.1. The van der Waals surface area contributed by atoms with Crippen molar-refractivity contribution >= 4 is 28.5 Å². The Kier molecular flexibility index (Phi) is 5.50. The van der Waals surface area contributed by atoms with Crippen LogP contribution in [0, 0.1) is 0 Å². The van der Waals surface area contributed by atoms with E-state index in [1.165, 1.54) is 6.08 Å². The van der Waals surface area contributed by atoms with Crippen molar-refractivity contribution in [3.63, 3.8) is 0 Å². The number of ketones is 1. The molecule has 0 bridgehead atoms. The monoisotopic (exact) mass is 363 g/mol. The molecule has 1 aromatic carbocycles. The number of benzene rings is 1. The van der Waals surface area contributed by atoms with Gasteiger partial charge in [-0.25, -0.2) is 9.36 Å². The van der Waals surface area contributed by atoms with Crippen LogP contribution in [0.5, 0.6) is 0 Å². The molecule has 5 heteroatoms. The Morgan fingerprint density at radius 1 is 1.19 bits per heavy atom. The largest absolute Gasteiger partial charge is 0.422 e. The van der Waals surface area contributed by atoms with E-state index in [9.17, 15) is 9.59 Å². The lowest BCUT2D eigenvalue weighted by Crippen LogP contribution is -2.26. The van der Waals surface area contributed by atoms with E-state index in [-0.39, 0.29) is 11.3 Å². The SMILES string of the molecule is CCN(CC)c1ccc2cc(C(=O)/C=C/c3ccc[n+](C)c3)c(=O)oc2c1. The average Bonchev–Trinajstić information content (AvgIpc) is 2.66. The molecular formula is C22H23N2O3+. The predicted octanol–water partition coefficient (Wildman–Crippen LogP) is 3.36. The van der Waals surface area contributed by atoms with Gasteiger partial charge in [-0.15, -0.1) is 0 Å². The van der Waals surface area contributed by atoms with Crippen LogP contribution in [0.25, 0.3) is 17.0 Å². The summed E-state index contributed by atoms with van der Waals surface area (Å²) in [5, 5.41) is 0.730. The highest BCUT2D eigenvalue weighted by Crippen LogP contribution is 2.22. The minimum absolute atomic E-state index is 0.0367. The Labute approximate surface area is 158 Å². The highest BCUT2D eigenvalue weighted by molar-refractivity contribution is 6.07. The molecule has 0 amide bonds. The van der Waals surface area contributed by atoms with Gasteiger partial charge in [0.25, 0.3) is 0 Å². The van der Waals surface area contributed by atoms with Crippen LogP contribution in [0.4, 0.5) is 5.69 Å². The van der Waals surface area contributed by atoms with E-state index in [0.29, 0.717) is 5.58 Å². The molecule has 3 aromatic rings. The second kappa shape index (κ2) is 7.99. The van der Waals surface area contributed by atoms with Crippen molar-refractivity contribution in [3.05, 3.63) is 76.4 Å². The van der Waals surface area contributed by atoms with E-state index in [1.54, 1.807) is 12.1 Å². The molecule has 0 aliphatic heterocycles. The Morgan fingerprint density at radius 2 is 1.96 bits per heavy atom. The van der Waals surface area contributed by atoms with Crippen molar-refractivity contribution < 1.29 is 13.8 Å². The normalized spacial score (nSPS) is 11.2. The van der Waals surface area contributed by atoms with E-state index in [2.05, 4.69) is 18.7 Å². The molecule has 2 heterocycles. The van der Waals surface area contributed by atoms with Gasteiger partial charge in [0.1, 0.15) is 18.2 Å². The van der Waals surface area contributed by atoms with Gasteiger partial charge in [-0.05, 0) is 50.3 Å². The Balaban J connectivity index is 1.93. The topological polar surface area (TPSA) is 54.4 Å². The van der Waals surface area contributed by atoms with E-state index in [0.717, 1.165) is 29.7 Å². The average molecular weight is 363 g/mol. The molecule has 27 heavy (non-hydrogen) atoms. The third-order valence-corrected chi connectivity index (χ3v) is 4.50. The molecule has 0 fully saturated rings. The first-order chi connectivity index (χ1) is 13.0. The standard InChI is InChI=1S/C22H23N2O3/c1-4-24(5-2)18-10-9-17-13-19(22(26)27-21(17)14-18)20(25)11-8-16-7-6-12-23(3)15-16/h6-15H,4-5H2,1-3H3/q+1/b11-8+. The fourth-order valence-electron chi connectivity index (χ4n) is 3.03. The molecular weight excluding hydrogens is 340 g/mol. The number of aromatic nitrogens is 1. The fourth-order valence-corrected chi connectivity index (χ4v) is 3.03. The maximum Gasteiger partial charge on any atom is 0.347 e. The van der Waals surface area contributed by atoms with Gasteiger partial charge in [0, 0.05) is 41.9 Å². The number of fused-ring (bicyclic) bond motifs is 1. The van der Waals surface area contributed by atoms with E-state index in [1.807, 2.05) is 54.3 Å². The molecule has 0 N–H and O–H groups in total. The summed E-state index contributed by atoms with van der Waals surface area (Å²) in [6.07, 6.45) is 6.89. The van der Waals surface area contributed by atoms with Crippen molar-refractivity contribution in [1.29, 1.82) is 0 Å². The van der Waals surface area contributed by atoms with Crippen LogP contribution in [0.3, 0.4) is 0 Å². The molecule has 0 saturated heterocycles. The Bertz CT molecular complexity index is 1060. The molecule has 2 aromatic heterocycles. The quantitative estimate of drug-likeness (QED) is 0.292. The summed E-state index contributed by atoms with van der Waals surface area (Å²) in [5.41, 5.74) is 1.77. The third-order valence-electron chi connectivity index (χ3n) is 4.50. The second-order valence-electron chi connectivity index (χ2n) is 6.34. The van der Waals surface area contributed by atoms with Gasteiger partial charge in [0.05, 0.1) is 0 Å². The van der Waals surface area contributed by atoms with E-state index < -0.39 is 5.63 Å². The molecule has 0 aliphatic rings. The van der Waals surface area contributed by atoms with Crippen molar-refractivity contribution in [2.45, 2.75) is 13.8 Å². The number of nitrogens with zero attached hydrogens (tertiary/aromatic N) is 2. The molecule has 138 valence electrons. The van der Waals surface area contributed by atoms with Crippen LogP contribution in [-0.2, 0) is 7.05 Å². The van der Waals surface area contributed by atoms with Gasteiger partial charge < -0.3 is 9.32 Å². The molecule has 5 nitrogen and oxygen atoms in total. The van der Waals surface area contributed by atoms with Crippen LogP contribution < -0.4 is 15.1 Å². The number of hydrogen-bond acceptors (Lipinski definition) is 4. The summed E-state index contributed by atoms with van der Waals surface area (Å²) in [5.74, 6) is -0.370. The molecule has 0 spiro atoms. The number of aryl methyl sites for hydroxylation is 1. The molecule has 0 radical (unpaired) electrons. The lowest BCUT2D eigenvalue weighted by atomic mass is 10.1. The highest BCUT2D eigenvalue weighted by atomic mass is 16.4. The number of hydrogen-bond donors (Lipinski definition) is 0. The van der Waals surface area contributed by atoms with Crippen LogP contribution in [0.2, 0.25) is 0 Å². The zero-order chi connectivity index (χ0) is 19.4.